The van der Waals surface area contributed by atoms with Gasteiger partial charge in [0.25, 0.3) is 0 Å². The van der Waals surface area contributed by atoms with E-state index in [0.717, 1.165) is 35.5 Å². The molecule has 0 aliphatic heterocycles. The molecule has 120 valence electrons. The zero-order valence-corrected chi connectivity index (χ0v) is 13.2. The monoisotopic (exact) mass is 312 g/mol. The molecule has 2 aromatic heterocycles. The lowest BCUT2D eigenvalue weighted by molar-refractivity contribution is -0.121. The normalized spacial score (nSPS) is 11.0. The van der Waals surface area contributed by atoms with Crippen molar-refractivity contribution in [1.29, 1.82) is 0 Å². The Kier molecular flexibility index (Phi) is 4.71. The molecule has 1 amide bonds. The number of oxazole rings is 1. The Bertz CT molecular complexity index is 758. The number of aryl methyl sites for hydroxylation is 3. The number of carbonyl (C=O) groups is 1. The molecule has 3 aromatic rings. The maximum absolute atomic E-state index is 11.8. The second-order valence-corrected chi connectivity index (χ2v) is 5.47. The number of benzene rings is 1. The van der Waals surface area contributed by atoms with E-state index in [2.05, 4.69) is 15.4 Å². The maximum atomic E-state index is 11.8. The van der Waals surface area contributed by atoms with Crippen LogP contribution in [0.5, 0.6) is 0 Å². The van der Waals surface area contributed by atoms with Crippen LogP contribution >= 0.6 is 0 Å². The molecular formula is C17H20N4O2. The van der Waals surface area contributed by atoms with E-state index in [0.29, 0.717) is 19.4 Å². The zero-order chi connectivity index (χ0) is 16.1. The molecule has 0 spiro atoms. The predicted molar refractivity (Wildman–Crippen MR) is 86.9 cm³/mol. The topological polar surface area (TPSA) is 73.0 Å². The van der Waals surface area contributed by atoms with Crippen molar-refractivity contribution in [1.82, 2.24) is 20.1 Å². The van der Waals surface area contributed by atoms with Crippen LogP contribution in [0.15, 0.2) is 40.9 Å². The van der Waals surface area contributed by atoms with Gasteiger partial charge in [0.2, 0.25) is 5.91 Å². The van der Waals surface area contributed by atoms with E-state index in [1.807, 2.05) is 37.4 Å². The van der Waals surface area contributed by atoms with E-state index in [1.54, 1.807) is 10.9 Å². The van der Waals surface area contributed by atoms with Gasteiger partial charge in [-0.3, -0.25) is 9.48 Å². The van der Waals surface area contributed by atoms with Crippen LogP contribution in [0.25, 0.3) is 11.1 Å². The molecule has 0 unspecified atom stereocenters. The van der Waals surface area contributed by atoms with E-state index < -0.39 is 0 Å². The van der Waals surface area contributed by atoms with Gasteiger partial charge in [-0.1, -0.05) is 12.1 Å². The molecule has 0 aliphatic carbocycles. The van der Waals surface area contributed by atoms with E-state index in [-0.39, 0.29) is 5.91 Å². The Morgan fingerprint density at radius 3 is 2.91 bits per heavy atom. The molecule has 6 nitrogen and oxygen atoms in total. The van der Waals surface area contributed by atoms with Gasteiger partial charge in [-0.05, 0) is 31.0 Å². The van der Waals surface area contributed by atoms with Crippen LogP contribution in [0.3, 0.4) is 0 Å². The summed E-state index contributed by atoms with van der Waals surface area (Å²) in [5.41, 5.74) is 2.75. The number of hydrogen-bond acceptors (Lipinski definition) is 4. The molecule has 0 bridgehead atoms. The quantitative estimate of drug-likeness (QED) is 0.679. The van der Waals surface area contributed by atoms with Crippen LogP contribution in [0.4, 0.5) is 0 Å². The van der Waals surface area contributed by atoms with Crippen molar-refractivity contribution in [3.8, 4) is 0 Å². The van der Waals surface area contributed by atoms with Gasteiger partial charge in [-0.2, -0.15) is 5.10 Å². The van der Waals surface area contributed by atoms with Gasteiger partial charge >= 0.3 is 0 Å². The third-order valence-electron chi connectivity index (χ3n) is 3.76. The van der Waals surface area contributed by atoms with Gasteiger partial charge in [-0.25, -0.2) is 4.98 Å². The van der Waals surface area contributed by atoms with Gasteiger partial charge in [0, 0.05) is 38.3 Å². The number of nitrogens with one attached hydrogen (secondary N) is 1. The Morgan fingerprint density at radius 1 is 1.26 bits per heavy atom. The number of aromatic nitrogens is 3. The minimum atomic E-state index is 0.0590. The molecule has 0 saturated carbocycles. The Labute approximate surface area is 134 Å². The van der Waals surface area contributed by atoms with Crippen molar-refractivity contribution < 1.29 is 9.21 Å². The zero-order valence-electron chi connectivity index (χ0n) is 13.2. The summed E-state index contributed by atoms with van der Waals surface area (Å²) in [7, 11) is 1.88. The Balaban J connectivity index is 1.37. The number of rotatable bonds is 7. The second-order valence-electron chi connectivity index (χ2n) is 5.47. The third-order valence-corrected chi connectivity index (χ3v) is 3.76. The second kappa shape index (κ2) is 7.09. The summed E-state index contributed by atoms with van der Waals surface area (Å²) in [6, 6.07) is 9.64. The molecule has 0 radical (unpaired) electrons. The number of nitrogens with zero attached hydrogens (tertiary/aromatic N) is 3. The van der Waals surface area contributed by atoms with E-state index in [9.17, 15) is 4.79 Å². The van der Waals surface area contributed by atoms with Crippen LogP contribution in [0, 0.1) is 0 Å². The fourth-order valence-electron chi connectivity index (χ4n) is 2.47. The lowest BCUT2D eigenvalue weighted by atomic mass is 10.2. The summed E-state index contributed by atoms with van der Waals surface area (Å²) >= 11 is 0. The molecule has 0 aliphatic rings. The van der Waals surface area contributed by atoms with E-state index >= 15 is 0 Å². The lowest BCUT2D eigenvalue weighted by Gasteiger charge is -2.04. The molecule has 6 heteroatoms. The van der Waals surface area contributed by atoms with Crippen molar-refractivity contribution >= 4 is 17.0 Å². The maximum Gasteiger partial charge on any atom is 0.220 e. The number of para-hydroxylation sites is 2. The largest absolute Gasteiger partial charge is 0.441 e. The highest BCUT2D eigenvalue weighted by Gasteiger charge is 2.06. The average Bonchev–Trinajstić information content (AvgIpc) is 3.15. The van der Waals surface area contributed by atoms with Crippen LogP contribution in [-0.4, -0.2) is 27.2 Å². The summed E-state index contributed by atoms with van der Waals surface area (Å²) in [5, 5.41) is 7.02. The first-order valence-corrected chi connectivity index (χ1v) is 7.80. The fourth-order valence-corrected chi connectivity index (χ4v) is 2.47. The molecule has 1 aromatic carbocycles. The standard InChI is InChI=1S/C17H20N4O2/c1-21-13(10-12-19-21)8-9-16(22)18-11-4-7-17-20-14-5-2-3-6-15(14)23-17/h2-3,5-6,10,12H,4,7-9,11H2,1H3,(H,18,22). The van der Waals surface area contributed by atoms with Crippen molar-refractivity contribution in [3.63, 3.8) is 0 Å². The highest BCUT2D eigenvalue weighted by molar-refractivity contribution is 5.76. The first kappa shape index (κ1) is 15.3. The molecule has 0 saturated heterocycles. The van der Waals surface area contributed by atoms with Crippen LogP contribution in [-0.2, 0) is 24.7 Å². The molecule has 23 heavy (non-hydrogen) atoms. The molecule has 1 N–H and O–H groups in total. The first-order valence-electron chi connectivity index (χ1n) is 7.80. The summed E-state index contributed by atoms with van der Waals surface area (Å²) in [5.74, 6) is 0.777. The fraction of sp³-hybridized carbons (Fsp3) is 0.353. The van der Waals surface area contributed by atoms with Crippen molar-refractivity contribution in [3.05, 3.63) is 48.1 Å². The summed E-state index contributed by atoms with van der Waals surface area (Å²) in [6.45, 7) is 0.628. The van der Waals surface area contributed by atoms with Crippen LogP contribution in [0.2, 0.25) is 0 Å². The van der Waals surface area contributed by atoms with Gasteiger partial charge in [0.1, 0.15) is 5.52 Å². The van der Waals surface area contributed by atoms with Gasteiger partial charge in [0.15, 0.2) is 11.5 Å². The van der Waals surface area contributed by atoms with Crippen LogP contribution in [0.1, 0.15) is 24.4 Å². The van der Waals surface area contributed by atoms with E-state index in [1.165, 1.54) is 0 Å². The van der Waals surface area contributed by atoms with Gasteiger partial charge < -0.3 is 9.73 Å². The summed E-state index contributed by atoms with van der Waals surface area (Å²) in [4.78, 5) is 16.2. The number of fused-ring (bicyclic) bond motifs is 1. The summed E-state index contributed by atoms with van der Waals surface area (Å²) < 4.78 is 7.44. The molecule has 0 atom stereocenters. The minimum Gasteiger partial charge on any atom is -0.441 e. The third kappa shape index (κ3) is 3.97. The molecule has 3 rings (SSSR count). The number of amides is 1. The van der Waals surface area contributed by atoms with Crippen molar-refractivity contribution in [2.75, 3.05) is 6.54 Å². The number of hydrogen-bond donors (Lipinski definition) is 1. The highest BCUT2D eigenvalue weighted by atomic mass is 16.3. The van der Waals surface area contributed by atoms with Crippen molar-refractivity contribution in [2.45, 2.75) is 25.7 Å². The average molecular weight is 312 g/mol. The van der Waals surface area contributed by atoms with Crippen molar-refractivity contribution in [2.24, 2.45) is 7.05 Å². The molecule has 2 heterocycles. The lowest BCUT2D eigenvalue weighted by Crippen LogP contribution is -2.25. The van der Waals surface area contributed by atoms with Gasteiger partial charge in [0.05, 0.1) is 0 Å². The van der Waals surface area contributed by atoms with E-state index in [4.69, 9.17) is 4.42 Å². The smallest absolute Gasteiger partial charge is 0.220 e. The first-order chi connectivity index (χ1) is 11.2. The summed E-state index contributed by atoms with van der Waals surface area (Å²) in [6.07, 6.45) is 4.45. The molecular weight excluding hydrogens is 292 g/mol. The van der Waals surface area contributed by atoms with Crippen LogP contribution < -0.4 is 5.32 Å². The minimum absolute atomic E-state index is 0.0590. The Hall–Kier alpha value is -2.63. The SMILES string of the molecule is Cn1nccc1CCC(=O)NCCCc1nc2ccccc2o1. The molecule has 0 fully saturated rings. The number of carbonyl (C=O) groups excluding carboxylic acids is 1. The Morgan fingerprint density at radius 2 is 2.13 bits per heavy atom. The highest BCUT2D eigenvalue weighted by Crippen LogP contribution is 2.15. The van der Waals surface area contributed by atoms with Gasteiger partial charge in [-0.15, -0.1) is 0 Å². The predicted octanol–water partition coefficient (Wildman–Crippen LogP) is 2.24.